The van der Waals surface area contributed by atoms with Gasteiger partial charge < -0.3 is 15.3 Å². The second-order valence-corrected chi connectivity index (χ2v) is 14.6. The van der Waals surface area contributed by atoms with Crippen LogP contribution in [0.5, 0.6) is 0 Å². The van der Waals surface area contributed by atoms with Crippen LogP contribution in [0, 0.1) is 56.7 Å². The first kappa shape index (κ1) is 24.8. The predicted molar refractivity (Wildman–Crippen MR) is 134 cm³/mol. The fraction of sp³-hybridized carbons (Fsp3) is 0.900. The second-order valence-electron chi connectivity index (χ2n) is 14.6. The van der Waals surface area contributed by atoms with Crippen molar-refractivity contribution in [2.75, 3.05) is 0 Å². The normalized spacial score (nSPS) is 56.3. The Kier molecular flexibility index (Phi) is 5.36. The Labute approximate surface area is 206 Å². The van der Waals surface area contributed by atoms with Crippen LogP contribution in [0.4, 0.5) is 0 Å². The first-order valence-electron chi connectivity index (χ1n) is 14.0. The number of allylic oxidation sites excluding steroid dienone is 1. The standard InChI is InChI=1S/C30H48O4/c1-17-8-13-30(25(33)34)15-14-28(6)19(23(30)18(17)2)16-20(31)24-27(5)11-10-22(32)26(3,4)21(27)9-12-29(24,28)7/h16-18,20-24,31-32H,8-15H2,1-7H3,(H,33,34)/t17-,18+,20-,21+,22+,23+,24-,27+,28-,29-,30+/m1/s1. The molecule has 4 heteroatoms. The van der Waals surface area contributed by atoms with Gasteiger partial charge in [-0.1, -0.05) is 60.1 Å². The monoisotopic (exact) mass is 472 g/mol. The Balaban J connectivity index is 1.66. The summed E-state index contributed by atoms with van der Waals surface area (Å²) in [6.07, 6.45) is 8.57. The Hall–Kier alpha value is -0.870. The number of fused-ring (bicyclic) bond motifs is 7. The molecule has 4 saturated carbocycles. The van der Waals surface area contributed by atoms with E-state index in [4.69, 9.17) is 0 Å². The molecule has 11 atom stereocenters. The minimum Gasteiger partial charge on any atom is -0.481 e. The number of rotatable bonds is 1. The maximum Gasteiger partial charge on any atom is 0.310 e. The lowest BCUT2D eigenvalue weighted by atomic mass is 9.33. The zero-order chi connectivity index (χ0) is 25.1. The van der Waals surface area contributed by atoms with Crippen LogP contribution in [0.15, 0.2) is 11.6 Å². The fourth-order valence-corrected chi connectivity index (χ4v) is 11.0. The molecule has 0 radical (unpaired) electrons. The lowest BCUT2D eigenvalue weighted by Crippen LogP contribution is -2.68. The molecule has 192 valence electrons. The topological polar surface area (TPSA) is 77.8 Å². The van der Waals surface area contributed by atoms with E-state index in [0.717, 1.165) is 51.4 Å². The molecule has 0 saturated heterocycles. The van der Waals surface area contributed by atoms with Gasteiger partial charge in [-0.25, -0.2) is 0 Å². The third kappa shape index (κ3) is 2.76. The van der Waals surface area contributed by atoms with Crippen molar-refractivity contribution in [2.24, 2.45) is 56.7 Å². The molecule has 0 heterocycles. The maximum absolute atomic E-state index is 12.8. The van der Waals surface area contributed by atoms with Gasteiger partial charge in [-0.2, -0.15) is 0 Å². The molecule has 5 rings (SSSR count). The molecule has 0 amide bonds. The minimum absolute atomic E-state index is 0.00933. The molecule has 5 aliphatic rings. The van der Waals surface area contributed by atoms with E-state index in [2.05, 4.69) is 54.5 Å². The van der Waals surface area contributed by atoms with E-state index in [1.54, 1.807) is 0 Å². The average molecular weight is 473 g/mol. The fourth-order valence-electron chi connectivity index (χ4n) is 11.0. The van der Waals surface area contributed by atoms with Crippen LogP contribution in [-0.2, 0) is 4.79 Å². The van der Waals surface area contributed by atoms with Crippen molar-refractivity contribution in [2.45, 2.75) is 112 Å². The molecule has 0 aromatic heterocycles. The summed E-state index contributed by atoms with van der Waals surface area (Å²) in [5.41, 5.74) is 0.219. The van der Waals surface area contributed by atoms with Crippen molar-refractivity contribution < 1.29 is 20.1 Å². The van der Waals surface area contributed by atoms with E-state index in [1.807, 2.05) is 0 Å². The molecular formula is C30H48O4. The molecular weight excluding hydrogens is 424 g/mol. The average Bonchev–Trinajstić information content (AvgIpc) is 2.74. The molecule has 4 nitrogen and oxygen atoms in total. The molecule has 0 spiro atoms. The Morgan fingerprint density at radius 2 is 1.59 bits per heavy atom. The van der Waals surface area contributed by atoms with Gasteiger partial charge in [0, 0.05) is 5.92 Å². The number of hydrogen-bond acceptors (Lipinski definition) is 3. The number of hydrogen-bond donors (Lipinski definition) is 3. The highest BCUT2D eigenvalue weighted by molar-refractivity contribution is 5.76. The molecule has 0 bridgehead atoms. The summed E-state index contributed by atoms with van der Waals surface area (Å²) in [5, 5.41) is 33.4. The Bertz CT molecular complexity index is 907. The summed E-state index contributed by atoms with van der Waals surface area (Å²) >= 11 is 0. The Morgan fingerprint density at radius 1 is 0.912 bits per heavy atom. The zero-order valence-electron chi connectivity index (χ0n) is 22.5. The third-order valence-corrected chi connectivity index (χ3v) is 13.3. The van der Waals surface area contributed by atoms with Crippen LogP contribution < -0.4 is 0 Å². The van der Waals surface area contributed by atoms with Gasteiger partial charge in [-0.3, -0.25) is 4.79 Å². The Morgan fingerprint density at radius 3 is 2.24 bits per heavy atom. The molecule has 3 N–H and O–H groups in total. The van der Waals surface area contributed by atoms with E-state index < -0.39 is 17.5 Å². The van der Waals surface area contributed by atoms with Gasteiger partial charge in [0.2, 0.25) is 0 Å². The highest BCUT2D eigenvalue weighted by Gasteiger charge is 2.71. The van der Waals surface area contributed by atoms with Gasteiger partial charge in [-0.05, 0) is 96.7 Å². The number of aliphatic hydroxyl groups excluding tert-OH is 2. The van der Waals surface area contributed by atoms with Crippen LogP contribution in [0.25, 0.3) is 0 Å². The van der Waals surface area contributed by atoms with E-state index in [9.17, 15) is 20.1 Å². The molecule has 0 aliphatic heterocycles. The molecule has 34 heavy (non-hydrogen) atoms. The van der Waals surface area contributed by atoms with E-state index in [0.29, 0.717) is 17.8 Å². The number of carboxylic acids is 1. The molecule has 0 aromatic carbocycles. The van der Waals surface area contributed by atoms with Crippen molar-refractivity contribution >= 4 is 5.97 Å². The second kappa shape index (κ2) is 7.34. The molecule has 4 fully saturated rings. The van der Waals surface area contributed by atoms with Gasteiger partial charge in [0.1, 0.15) is 0 Å². The first-order valence-corrected chi connectivity index (χ1v) is 14.0. The largest absolute Gasteiger partial charge is 0.481 e. The SMILES string of the molecule is C[C@H]1[C@H](C)CC[C@]2(C(=O)O)CC[C@]3(C)C(=C[C@@H](O)[C@@H]4[C@@]5(C)CC[C@H](O)C(C)(C)[C@@H]5CC[C@]43C)[C@H]12. The highest BCUT2D eigenvalue weighted by Crippen LogP contribution is 2.75. The summed E-state index contributed by atoms with van der Waals surface area (Å²) < 4.78 is 0. The minimum atomic E-state index is -0.682. The van der Waals surface area contributed by atoms with Crippen molar-refractivity contribution in [1.82, 2.24) is 0 Å². The number of aliphatic carboxylic acids is 1. The lowest BCUT2D eigenvalue weighted by molar-refractivity contribution is -0.226. The van der Waals surface area contributed by atoms with Crippen LogP contribution in [0.1, 0.15) is 99.8 Å². The summed E-state index contributed by atoms with van der Waals surface area (Å²) in [5.74, 6) is 0.698. The van der Waals surface area contributed by atoms with Gasteiger partial charge in [0.25, 0.3) is 0 Å². The number of carbonyl (C=O) groups is 1. The molecule has 5 aliphatic carbocycles. The summed E-state index contributed by atoms with van der Waals surface area (Å²) in [6, 6.07) is 0. The van der Waals surface area contributed by atoms with Crippen molar-refractivity contribution in [3.63, 3.8) is 0 Å². The summed E-state index contributed by atoms with van der Waals surface area (Å²) in [4.78, 5) is 12.8. The first-order chi connectivity index (χ1) is 15.7. The smallest absolute Gasteiger partial charge is 0.310 e. The van der Waals surface area contributed by atoms with Crippen molar-refractivity contribution in [3.8, 4) is 0 Å². The van der Waals surface area contributed by atoms with Crippen LogP contribution in [0.3, 0.4) is 0 Å². The number of carboxylic acid groups (broad SMARTS) is 1. The highest BCUT2D eigenvalue weighted by atomic mass is 16.4. The maximum atomic E-state index is 12.8. The van der Waals surface area contributed by atoms with E-state index in [-0.39, 0.29) is 39.6 Å². The molecule has 0 aromatic rings. The van der Waals surface area contributed by atoms with Crippen LogP contribution >= 0.6 is 0 Å². The number of aliphatic hydroxyl groups is 2. The third-order valence-electron chi connectivity index (χ3n) is 13.3. The van der Waals surface area contributed by atoms with Gasteiger partial charge >= 0.3 is 5.97 Å². The summed E-state index contributed by atoms with van der Waals surface area (Å²) in [7, 11) is 0. The van der Waals surface area contributed by atoms with Crippen LogP contribution in [-0.4, -0.2) is 33.5 Å². The zero-order valence-corrected chi connectivity index (χ0v) is 22.5. The summed E-state index contributed by atoms with van der Waals surface area (Å²) in [6.45, 7) is 16.3. The quantitative estimate of drug-likeness (QED) is 0.405. The van der Waals surface area contributed by atoms with E-state index >= 15 is 0 Å². The van der Waals surface area contributed by atoms with E-state index in [1.165, 1.54) is 5.57 Å². The van der Waals surface area contributed by atoms with Gasteiger partial charge in [0.15, 0.2) is 0 Å². The molecule has 0 unspecified atom stereocenters. The van der Waals surface area contributed by atoms with Crippen molar-refractivity contribution in [1.29, 1.82) is 0 Å². The lowest BCUT2D eigenvalue weighted by Gasteiger charge is -2.72. The predicted octanol–water partition coefficient (Wildman–Crippen LogP) is 6.06. The van der Waals surface area contributed by atoms with Crippen molar-refractivity contribution in [3.05, 3.63) is 11.6 Å². The van der Waals surface area contributed by atoms with Crippen LogP contribution in [0.2, 0.25) is 0 Å². The van der Waals surface area contributed by atoms with Gasteiger partial charge in [0.05, 0.1) is 17.6 Å². The van der Waals surface area contributed by atoms with Gasteiger partial charge in [-0.15, -0.1) is 0 Å².